The Bertz CT molecular complexity index is 1320. The normalized spacial score (nSPS) is 11.8. The number of rotatable bonds is 6. The quantitative estimate of drug-likeness (QED) is 0.465. The molecule has 0 saturated heterocycles. The van der Waals surface area contributed by atoms with Crippen LogP contribution in [-0.2, 0) is 11.3 Å². The second kappa shape index (κ2) is 8.97. The zero-order valence-corrected chi connectivity index (χ0v) is 17.6. The molecule has 1 N–H and O–H groups in total. The van der Waals surface area contributed by atoms with Crippen LogP contribution >= 0.6 is 0 Å². The van der Waals surface area contributed by atoms with E-state index in [1.807, 2.05) is 19.1 Å². The number of ether oxygens (including phenoxy) is 1. The first-order chi connectivity index (χ1) is 15.4. The summed E-state index contributed by atoms with van der Waals surface area (Å²) in [5.41, 5.74) is 2.45. The molecule has 0 aliphatic heterocycles. The summed E-state index contributed by atoms with van der Waals surface area (Å²) in [6.45, 7) is 2.20. The number of fused-ring (bicyclic) bond motifs is 1. The maximum Gasteiger partial charge on any atom is 0.337 e. The summed E-state index contributed by atoms with van der Waals surface area (Å²) in [4.78, 5) is 33.1. The first kappa shape index (κ1) is 21.2. The van der Waals surface area contributed by atoms with Crippen LogP contribution in [0.3, 0.4) is 0 Å². The minimum absolute atomic E-state index is 0.153. The number of carbonyl (C=O) groups is 1. The first-order valence-corrected chi connectivity index (χ1v) is 10.0. The van der Waals surface area contributed by atoms with Gasteiger partial charge in [-0.2, -0.15) is 4.98 Å². The molecule has 4 rings (SSSR count). The van der Waals surface area contributed by atoms with Gasteiger partial charge in [0, 0.05) is 17.6 Å². The van der Waals surface area contributed by atoms with Gasteiger partial charge in [-0.1, -0.05) is 24.3 Å². The number of halogens is 1. The molecule has 1 atom stereocenters. The highest BCUT2D eigenvalue weighted by atomic mass is 19.1. The molecule has 8 heteroatoms. The SMILES string of the molecule is COC(=O)c1ccc([C@H](C)Nc2ncc3ccc(=O)n(Cc4ccc(F)cc4)c3n2)cc1. The molecule has 32 heavy (non-hydrogen) atoms. The number of hydrogen-bond donors (Lipinski definition) is 1. The van der Waals surface area contributed by atoms with Gasteiger partial charge in [0.15, 0.2) is 0 Å². The van der Waals surface area contributed by atoms with Gasteiger partial charge < -0.3 is 10.1 Å². The van der Waals surface area contributed by atoms with Gasteiger partial charge in [-0.3, -0.25) is 9.36 Å². The van der Waals surface area contributed by atoms with E-state index in [1.165, 1.54) is 29.9 Å². The maximum atomic E-state index is 13.2. The van der Waals surface area contributed by atoms with Crippen LogP contribution in [0.15, 0.2) is 71.7 Å². The Morgan fingerprint density at radius 1 is 1.09 bits per heavy atom. The molecule has 0 aliphatic carbocycles. The standard InChI is InChI=1S/C24H21FN4O3/c1-15(17-5-7-18(8-6-17)23(31)32-2)27-24-26-13-19-9-12-21(30)29(22(19)28-24)14-16-3-10-20(25)11-4-16/h3-13,15H,14H2,1-2H3,(H,26,27,28)/t15-/m0/s1. The number of nitrogens with one attached hydrogen (secondary N) is 1. The van der Waals surface area contributed by atoms with Crippen molar-refractivity contribution in [3.05, 3.63) is 99.7 Å². The molecule has 0 spiro atoms. The van der Waals surface area contributed by atoms with Gasteiger partial charge in [-0.15, -0.1) is 0 Å². The van der Waals surface area contributed by atoms with Crippen LogP contribution in [-0.4, -0.2) is 27.6 Å². The maximum absolute atomic E-state index is 13.2. The van der Waals surface area contributed by atoms with E-state index in [1.54, 1.807) is 36.5 Å². The Morgan fingerprint density at radius 2 is 1.81 bits per heavy atom. The molecule has 7 nitrogen and oxygen atoms in total. The number of aromatic nitrogens is 3. The van der Waals surface area contributed by atoms with Crippen LogP contribution in [0.2, 0.25) is 0 Å². The summed E-state index contributed by atoms with van der Waals surface area (Å²) < 4.78 is 19.5. The number of nitrogens with zero attached hydrogens (tertiary/aromatic N) is 3. The van der Waals surface area contributed by atoms with Crippen LogP contribution < -0.4 is 10.9 Å². The second-order valence-corrected chi connectivity index (χ2v) is 7.34. The molecule has 162 valence electrons. The molecule has 0 unspecified atom stereocenters. The lowest BCUT2D eigenvalue weighted by molar-refractivity contribution is 0.0600. The van der Waals surface area contributed by atoms with E-state index in [9.17, 15) is 14.0 Å². The fourth-order valence-electron chi connectivity index (χ4n) is 3.37. The van der Waals surface area contributed by atoms with Gasteiger partial charge in [0.25, 0.3) is 5.56 Å². The summed E-state index contributed by atoms with van der Waals surface area (Å²) in [6, 6.07) is 16.0. The van der Waals surface area contributed by atoms with Crippen molar-refractivity contribution in [3.8, 4) is 0 Å². The molecule has 2 aromatic carbocycles. The summed E-state index contributed by atoms with van der Waals surface area (Å²) in [5, 5.41) is 3.94. The molecule has 0 aliphatic rings. The Balaban J connectivity index is 1.61. The summed E-state index contributed by atoms with van der Waals surface area (Å²) in [7, 11) is 1.34. The molecule has 0 saturated carbocycles. The molecule has 4 aromatic rings. The van der Waals surface area contributed by atoms with Gasteiger partial charge in [0.05, 0.1) is 25.3 Å². The van der Waals surface area contributed by atoms with Crippen LogP contribution in [0, 0.1) is 5.82 Å². The molecule has 2 aromatic heterocycles. The van der Waals surface area contributed by atoms with E-state index in [0.29, 0.717) is 22.5 Å². The van der Waals surface area contributed by atoms with Crippen LogP contribution in [0.1, 0.15) is 34.5 Å². The first-order valence-electron chi connectivity index (χ1n) is 10.0. The highest BCUT2D eigenvalue weighted by Crippen LogP contribution is 2.19. The van der Waals surface area contributed by atoms with Crippen molar-refractivity contribution in [1.29, 1.82) is 0 Å². The lowest BCUT2D eigenvalue weighted by Gasteiger charge is -2.16. The topological polar surface area (TPSA) is 86.1 Å². The van der Waals surface area contributed by atoms with Crippen LogP contribution in [0.4, 0.5) is 10.3 Å². The Hall–Kier alpha value is -4.07. The third-order valence-corrected chi connectivity index (χ3v) is 5.15. The molecular formula is C24H21FN4O3. The second-order valence-electron chi connectivity index (χ2n) is 7.34. The lowest BCUT2D eigenvalue weighted by atomic mass is 10.1. The molecule has 0 radical (unpaired) electrons. The Kier molecular flexibility index (Phi) is 5.93. The third kappa shape index (κ3) is 4.49. The van der Waals surface area contributed by atoms with Gasteiger partial charge in [0.1, 0.15) is 11.5 Å². The van der Waals surface area contributed by atoms with Gasteiger partial charge in [-0.05, 0) is 48.4 Å². The van der Waals surface area contributed by atoms with E-state index in [0.717, 1.165) is 11.1 Å². The molecule has 2 heterocycles. The van der Waals surface area contributed by atoms with Crippen LogP contribution in [0.5, 0.6) is 0 Å². The van der Waals surface area contributed by atoms with Crippen molar-refractivity contribution in [2.45, 2.75) is 19.5 Å². The minimum Gasteiger partial charge on any atom is -0.465 e. The highest BCUT2D eigenvalue weighted by Gasteiger charge is 2.12. The fraction of sp³-hybridized carbons (Fsp3) is 0.167. The van der Waals surface area contributed by atoms with Gasteiger partial charge >= 0.3 is 5.97 Å². The molecule has 0 bridgehead atoms. The predicted molar refractivity (Wildman–Crippen MR) is 119 cm³/mol. The third-order valence-electron chi connectivity index (χ3n) is 5.15. The summed E-state index contributed by atoms with van der Waals surface area (Å²) in [5.74, 6) is -0.365. The van der Waals surface area contributed by atoms with E-state index in [2.05, 4.69) is 15.3 Å². The smallest absolute Gasteiger partial charge is 0.337 e. The fourth-order valence-corrected chi connectivity index (χ4v) is 3.37. The summed E-state index contributed by atoms with van der Waals surface area (Å²) in [6.07, 6.45) is 1.65. The largest absolute Gasteiger partial charge is 0.465 e. The van der Waals surface area contributed by atoms with Crippen molar-refractivity contribution in [3.63, 3.8) is 0 Å². The zero-order valence-electron chi connectivity index (χ0n) is 17.6. The van der Waals surface area contributed by atoms with Crippen molar-refractivity contribution in [1.82, 2.24) is 14.5 Å². The van der Waals surface area contributed by atoms with Gasteiger partial charge in [0.2, 0.25) is 5.95 Å². The van der Waals surface area contributed by atoms with E-state index in [-0.39, 0.29) is 24.0 Å². The van der Waals surface area contributed by atoms with Crippen molar-refractivity contribution in [2.75, 3.05) is 12.4 Å². The average Bonchev–Trinajstić information content (AvgIpc) is 2.82. The van der Waals surface area contributed by atoms with E-state index in [4.69, 9.17) is 4.74 Å². The van der Waals surface area contributed by atoms with Crippen molar-refractivity contribution < 1.29 is 13.9 Å². The van der Waals surface area contributed by atoms with Gasteiger partial charge in [-0.25, -0.2) is 14.2 Å². The molecular weight excluding hydrogens is 411 g/mol. The number of hydrogen-bond acceptors (Lipinski definition) is 6. The number of anilines is 1. The van der Waals surface area contributed by atoms with Crippen LogP contribution in [0.25, 0.3) is 11.0 Å². The summed E-state index contributed by atoms with van der Waals surface area (Å²) >= 11 is 0. The number of benzene rings is 2. The molecule has 0 fully saturated rings. The van der Waals surface area contributed by atoms with E-state index >= 15 is 0 Å². The number of pyridine rings is 1. The lowest BCUT2D eigenvalue weighted by Crippen LogP contribution is -2.21. The highest BCUT2D eigenvalue weighted by molar-refractivity contribution is 5.89. The van der Waals surface area contributed by atoms with Crippen molar-refractivity contribution >= 4 is 23.0 Å². The number of carbonyl (C=O) groups excluding carboxylic acids is 1. The Labute approximate surface area is 183 Å². The van der Waals surface area contributed by atoms with Crippen molar-refractivity contribution in [2.24, 2.45) is 0 Å². The predicted octanol–water partition coefficient (Wildman–Crippen LogP) is 3.94. The van der Waals surface area contributed by atoms with E-state index < -0.39 is 5.97 Å². The average molecular weight is 432 g/mol. The number of esters is 1. The number of methoxy groups -OCH3 is 1. The Morgan fingerprint density at radius 3 is 2.50 bits per heavy atom. The zero-order chi connectivity index (χ0) is 22.7. The molecule has 0 amide bonds. The minimum atomic E-state index is -0.394. The monoisotopic (exact) mass is 432 g/mol.